The Balaban J connectivity index is 7.44. The molecule has 0 radical (unpaired) electrons. The third-order valence-corrected chi connectivity index (χ3v) is 7.96. The first-order valence-electron chi connectivity index (χ1n) is 13.6. The maximum absolute atomic E-state index is 6.55. The maximum Gasteiger partial charge on any atom is 0.285 e. The number of nitrogens with zero attached hydrogens (tertiary/aromatic N) is 1. The number of ether oxygens (including phenoxy) is 8. The van der Waals surface area contributed by atoms with Crippen molar-refractivity contribution in [2.24, 2.45) is 0 Å². The van der Waals surface area contributed by atoms with Crippen molar-refractivity contribution in [2.45, 2.75) is 97.8 Å². The number of hydrogen-bond donors (Lipinski definition) is 0. The van der Waals surface area contributed by atoms with E-state index in [1.54, 1.807) is 0 Å². The van der Waals surface area contributed by atoms with Crippen molar-refractivity contribution >= 4 is 20.5 Å². The summed E-state index contributed by atoms with van der Waals surface area (Å²) in [5.74, 6) is -2.95. The summed E-state index contributed by atoms with van der Waals surface area (Å²) in [6, 6.07) is 0. The van der Waals surface area contributed by atoms with Gasteiger partial charge in [-0.05, 0) is 54.4 Å². The van der Waals surface area contributed by atoms with E-state index >= 15 is 0 Å². The van der Waals surface area contributed by atoms with Crippen LogP contribution in [0.15, 0.2) is 0 Å². The lowest BCUT2D eigenvalue weighted by Crippen LogP contribution is -2.81. The summed E-state index contributed by atoms with van der Waals surface area (Å²) in [5.41, 5.74) is -2.36. The Morgan fingerprint density at radius 3 is 0.943 bits per heavy atom. The standard InChI is InChI=1S/C24H55NO8Si2/c1-10-19-32-23(34,30-17-8)21(26-13-4,27-14-5)25(12-3)22(28-15-6,29-16-7)24(35,31-18-9)33-20-11-2/h10-20H2,1-9,34-35H3. The quantitative estimate of drug-likeness (QED) is 0.142. The highest BCUT2D eigenvalue weighted by Crippen LogP contribution is 2.44. The van der Waals surface area contributed by atoms with Crippen LogP contribution < -0.4 is 0 Å². The molecule has 0 aliphatic rings. The lowest BCUT2D eigenvalue weighted by molar-refractivity contribution is -0.514. The van der Waals surface area contributed by atoms with Crippen molar-refractivity contribution in [3.05, 3.63) is 0 Å². The summed E-state index contributed by atoms with van der Waals surface area (Å²) < 4.78 is 51.8. The van der Waals surface area contributed by atoms with E-state index in [4.69, 9.17) is 37.9 Å². The molecular weight excluding hydrogens is 486 g/mol. The van der Waals surface area contributed by atoms with Gasteiger partial charge < -0.3 is 37.9 Å². The monoisotopic (exact) mass is 541 g/mol. The van der Waals surface area contributed by atoms with Gasteiger partial charge in [-0.25, -0.2) is 0 Å². The molecule has 0 amide bonds. The molecule has 0 aromatic rings. The van der Waals surface area contributed by atoms with Crippen molar-refractivity contribution in [1.82, 2.24) is 4.90 Å². The Morgan fingerprint density at radius 1 is 0.457 bits per heavy atom. The fourth-order valence-corrected chi connectivity index (χ4v) is 6.50. The van der Waals surface area contributed by atoms with Crippen LogP contribution in [0.2, 0.25) is 0 Å². The Labute approximate surface area is 220 Å². The van der Waals surface area contributed by atoms with Gasteiger partial charge >= 0.3 is 0 Å². The molecule has 0 rings (SSSR count). The highest BCUT2D eigenvalue weighted by Gasteiger charge is 2.68. The summed E-state index contributed by atoms with van der Waals surface area (Å²) >= 11 is 0. The average molecular weight is 542 g/mol. The smallest absolute Gasteiger partial charge is 0.285 e. The minimum atomic E-state index is -1.48. The Morgan fingerprint density at radius 2 is 0.743 bits per heavy atom. The van der Waals surface area contributed by atoms with E-state index < -0.39 is 22.6 Å². The lowest BCUT2D eigenvalue weighted by Gasteiger charge is -2.59. The summed E-state index contributed by atoms with van der Waals surface area (Å²) in [7, 11) is 0.894. The molecule has 0 aliphatic carbocycles. The third kappa shape index (κ3) is 8.03. The highest BCUT2D eigenvalue weighted by molar-refractivity contribution is 6.15. The van der Waals surface area contributed by atoms with E-state index in [2.05, 4.69) is 13.8 Å². The van der Waals surface area contributed by atoms with Crippen LogP contribution in [0.1, 0.15) is 75.2 Å². The first kappa shape index (κ1) is 35.1. The van der Waals surface area contributed by atoms with Gasteiger partial charge in [0.1, 0.15) is 0 Å². The van der Waals surface area contributed by atoms with E-state index in [0.29, 0.717) is 79.9 Å². The van der Waals surface area contributed by atoms with Gasteiger partial charge in [0.25, 0.3) is 11.8 Å². The van der Waals surface area contributed by atoms with Gasteiger partial charge in [0.2, 0.25) is 10.8 Å². The predicted octanol–water partition coefficient (Wildman–Crippen LogP) is 1.73. The topological polar surface area (TPSA) is 77.1 Å². The highest BCUT2D eigenvalue weighted by atomic mass is 28.2. The molecule has 0 saturated carbocycles. The minimum absolute atomic E-state index is 0.357. The van der Waals surface area contributed by atoms with E-state index in [1.807, 2.05) is 53.4 Å². The molecule has 2 unspecified atom stereocenters. The summed E-state index contributed by atoms with van der Waals surface area (Å²) in [6.07, 6.45) is 1.64. The van der Waals surface area contributed by atoms with Crippen LogP contribution in [0.5, 0.6) is 0 Å². The van der Waals surface area contributed by atoms with E-state index in [1.165, 1.54) is 0 Å². The largest absolute Gasteiger partial charge is 0.349 e. The van der Waals surface area contributed by atoms with E-state index in [9.17, 15) is 0 Å². The maximum atomic E-state index is 6.55. The van der Waals surface area contributed by atoms with Gasteiger partial charge in [-0.1, -0.05) is 20.8 Å². The molecule has 0 spiro atoms. The summed E-state index contributed by atoms with van der Waals surface area (Å²) in [4.78, 5) is 1.93. The van der Waals surface area contributed by atoms with Crippen molar-refractivity contribution in [1.29, 1.82) is 0 Å². The lowest BCUT2D eigenvalue weighted by atomic mass is 10.2. The van der Waals surface area contributed by atoms with Crippen molar-refractivity contribution < 1.29 is 37.9 Å². The molecule has 0 bridgehead atoms. The molecule has 0 saturated heterocycles. The SMILES string of the molecule is CCCOC([SiH3])(OCC)C(OCC)(OCC)N(CC)C(OCC)(OCC)C([SiH3])(OCC)OCCC. The normalized spacial score (nSPS) is 16.6. The van der Waals surface area contributed by atoms with Crippen molar-refractivity contribution in [2.75, 3.05) is 59.4 Å². The van der Waals surface area contributed by atoms with Gasteiger partial charge in [-0.3, -0.25) is 0 Å². The van der Waals surface area contributed by atoms with Gasteiger partial charge in [-0.15, -0.1) is 0 Å². The number of rotatable bonds is 23. The molecule has 0 aromatic carbocycles. The van der Waals surface area contributed by atoms with Crippen LogP contribution in [0.3, 0.4) is 0 Å². The average Bonchev–Trinajstić information content (AvgIpc) is 2.82. The van der Waals surface area contributed by atoms with Crippen LogP contribution in [-0.2, 0) is 37.9 Å². The molecule has 0 aromatic heterocycles. The minimum Gasteiger partial charge on any atom is -0.349 e. The van der Waals surface area contributed by atoms with Crippen molar-refractivity contribution in [3.8, 4) is 0 Å². The molecule has 0 fully saturated rings. The second-order valence-corrected chi connectivity index (χ2v) is 10.7. The van der Waals surface area contributed by atoms with Gasteiger partial charge in [0, 0.05) is 59.4 Å². The second-order valence-electron chi connectivity index (χ2n) is 8.09. The Hall–Kier alpha value is 0.0738. The molecule has 0 N–H and O–H groups in total. The zero-order chi connectivity index (χ0) is 27.0. The van der Waals surface area contributed by atoms with Crippen LogP contribution in [0, 0.1) is 0 Å². The van der Waals surface area contributed by atoms with Crippen LogP contribution >= 0.6 is 0 Å². The molecule has 35 heavy (non-hydrogen) atoms. The zero-order valence-corrected chi connectivity index (χ0v) is 28.5. The van der Waals surface area contributed by atoms with Gasteiger partial charge in [-0.2, -0.15) is 4.90 Å². The van der Waals surface area contributed by atoms with Crippen LogP contribution in [0.4, 0.5) is 0 Å². The molecular formula is C24H55NO8Si2. The zero-order valence-electron chi connectivity index (χ0n) is 24.5. The van der Waals surface area contributed by atoms with E-state index in [0.717, 1.165) is 12.8 Å². The van der Waals surface area contributed by atoms with E-state index in [-0.39, 0.29) is 0 Å². The second kappa shape index (κ2) is 17.6. The molecule has 2 atom stereocenters. The molecule has 0 heterocycles. The molecule has 0 aliphatic heterocycles. The summed E-state index contributed by atoms with van der Waals surface area (Å²) in [6.45, 7) is 21.5. The van der Waals surface area contributed by atoms with Crippen LogP contribution in [0.25, 0.3) is 0 Å². The number of likely N-dealkylation sites (N-methyl/N-ethyl adjacent to an activating group) is 1. The first-order chi connectivity index (χ1) is 16.7. The summed E-state index contributed by atoms with van der Waals surface area (Å²) in [5, 5.41) is 0. The molecule has 11 heteroatoms. The fourth-order valence-electron chi connectivity index (χ4n) is 4.39. The predicted molar refractivity (Wildman–Crippen MR) is 145 cm³/mol. The first-order valence-corrected chi connectivity index (χ1v) is 15.6. The van der Waals surface area contributed by atoms with Gasteiger partial charge in [0.15, 0.2) is 0 Å². The Kier molecular flexibility index (Phi) is 17.6. The fraction of sp³-hybridized carbons (Fsp3) is 1.00. The third-order valence-electron chi connectivity index (χ3n) is 5.54. The van der Waals surface area contributed by atoms with Gasteiger partial charge in [0.05, 0.1) is 20.5 Å². The number of hydrogen-bond acceptors (Lipinski definition) is 9. The molecule has 9 nitrogen and oxygen atoms in total. The molecule has 212 valence electrons. The van der Waals surface area contributed by atoms with Crippen LogP contribution in [-0.4, -0.2) is 107 Å². The van der Waals surface area contributed by atoms with Crippen molar-refractivity contribution in [3.63, 3.8) is 0 Å². The Bertz CT molecular complexity index is 492.